The van der Waals surface area contributed by atoms with Gasteiger partial charge < -0.3 is 25.4 Å². The van der Waals surface area contributed by atoms with Gasteiger partial charge in [-0.1, -0.05) is 6.07 Å². The number of benzene rings is 1. The number of hydrogen-bond acceptors (Lipinski definition) is 7. The van der Waals surface area contributed by atoms with Crippen LogP contribution < -0.4 is 21.1 Å². The number of aliphatic imine (C=N–C) groups is 1. The van der Waals surface area contributed by atoms with Crippen molar-refractivity contribution in [3.8, 4) is 5.75 Å². The first-order valence-electron chi connectivity index (χ1n) is 9.88. The van der Waals surface area contributed by atoms with Gasteiger partial charge in [0.2, 0.25) is 0 Å². The van der Waals surface area contributed by atoms with Crippen molar-refractivity contribution < 1.29 is 23.9 Å². The van der Waals surface area contributed by atoms with Crippen molar-refractivity contribution in [3.05, 3.63) is 52.9 Å². The summed E-state index contributed by atoms with van der Waals surface area (Å²) in [5.41, 5.74) is 7.08. The zero-order valence-corrected chi connectivity index (χ0v) is 16.8. The number of imide groups is 1. The summed E-state index contributed by atoms with van der Waals surface area (Å²) in [6.45, 7) is 0.547. The maximum absolute atomic E-state index is 13.1. The quantitative estimate of drug-likeness (QED) is 0.579. The number of nitrogens with two attached hydrogens (primary N) is 1. The maximum atomic E-state index is 13.1. The summed E-state index contributed by atoms with van der Waals surface area (Å²) < 4.78 is 11.3. The van der Waals surface area contributed by atoms with Gasteiger partial charge in [-0.25, -0.2) is 4.79 Å². The molecule has 4 heterocycles. The molecule has 0 bridgehead atoms. The summed E-state index contributed by atoms with van der Waals surface area (Å²) in [6, 6.07) is 4.64. The minimum Gasteiger partial charge on any atom is -0.497 e. The highest BCUT2D eigenvalue weighted by Crippen LogP contribution is 2.37. The minimum atomic E-state index is -1.53. The van der Waals surface area contributed by atoms with Crippen molar-refractivity contribution in [2.24, 2.45) is 10.7 Å². The van der Waals surface area contributed by atoms with Crippen LogP contribution in [0.4, 0.5) is 4.79 Å². The monoisotopic (exact) mass is 423 g/mol. The van der Waals surface area contributed by atoms with Gasteiger partial charge in [-0.3, -0.25) is 19.9 Å². The van der Waals surface area contributed by atoms with Crippen LogP contribution >= 0.6 is 0 Å². The number of nitrogens with one attached hydrogen (secondary N) is 2. The molecule has 4 N–H and O–H groups in total. The van der Waals surface area contributed by atoms with Gasteiger partial charge in [-0.05, 0) is 23.8 Å². The largest absolute Gasteiger partial charge is 0.497 e. The Kier molecular flexibility index (Phi) is 4.33. The van der Waals surface area contributed by atoms with Crippen molar-refractivity contribution in [1.29, 1.82) is 0 Å². The smallest absolute Gasteiger partial charge is 0.322 e. The number of carbonyl (C=O) groups excluding carboxylic acids is 3. The molecule has 1 fully saturated rings. The minimum absolute atomic E-state index is 0.0726. The Hall–Kier alpha value is -3.66. The zero-order chi connectivity index (χ0) is 21.8. The Bertz CT molecular complexity index is 1110. The molecule has 1 aromatic carbocycles. The van der Waals surface area contributed by atoms with Gasteiger partial charge in [0.1, 0.15) is 17.6 Å². The molecular formula is C21H21N5O5. The van der Waals surface area contributed by atoms with Crippen LogP contribution in [0.3, 0.4) is 0 Å². The van der Waals surface area contributed by atoms with Crippen molar-refractivity contribution in [2.75, 3.05) is 20.2 Å². The molecule has 0 radical (unpaired) electrons. The Labute approximate surface area is 177 Å². The van der Waals surface area contributed by atoms with E-state index in [-0.39, 0.29) is 24.3 Å². The zero-order valence-electron chi connectivity index (χ0n) is 16.8. The number of methoxy groups -OCH3 is 1. The standard InChI is InChI=1S/C21H21N5O5/c1-30-14-3-2-11-9-26(18(27)15(11)6-14)10-21(19(28)24-20(29)25-21)17-4-12-8-23-13(7-22)5-16(12)31-17/h2-4,6,8,16H,5,7,9-10,22H2,1H3,(H2,24,25,28,29). The van der Waals surface area contributed by atoms with Gasteiger partial charge in [0.25, 0.3) is 11.8 Å². The van der Waals surface area contributed by atoms with E-state index < -0.39 is 17.5 Å². The van der Waals surface area contributed by atoms with Crippen molar-refractivity contribution in [1.82, 2.24) is 15.5 Å². The van der Waals surface area contributed by atoms with Crippen LogP contribution in [-0.4, -0.2) is 60.3 Å². The molecule has 2 unspecified atom stereocenters. The van der Waals surface area contributed by atoms with Crippen LogP contribution in [0.15, 0.2) is 46.8 Å². The molecule has 0 saturated carbocycles. The highest BCUT2D eigenvalue weighted by molar-refractivity contribution is 6.10. The van der Waals surface area contributed by atoms with Crippen LogP contribution in [0, 0.1) is 0 Å². The predicted octanol–water partition coefficient (Wildman–Crippen LogP) is 0.199. The summed E-state index contributed by atoms with van der Waals surface area (Å²) in [4.78, 5) is 43.9. The molecule has 160 valence electrons. The number of ether oxygens (including phenoxy) is 2. The lowest BCUT2D eigenvalue weighted by atomic mass is 9.95. The van der Waals surface area contributed by atoms with Gasteiger partial charge in [-0.2, -0.15) is 0 Å². The molecule has 0 aliphatic carbocycles. The third kappa shape index (κ3) is 2.98. The van der Waals surface area contributed by atoms with E-state index in [9.17, 15) is 14.4 Å². The van der Waals surface area contributed by atoms with Crippen LogP contribution in [-0.2, 0) is 16.1 Å². The third-order valence-electron chi connectivity index (χ3n) is 5.98. The highest BCUT2D eigenvalue weighted by atomic mass is 16.5. The first kappa shape index (κ1) is 19.3. The molecule has 31 heavy (non-hydrogen) atoms. The van der Waals surface area contributed by atoms with E-state index in [1.807, 2.05) is 6.07 Å². The number of carbonyl (C=O) groups is 3. The SMILES string of the molecule is COc1ccc2c(c1)C(=O)N(CC1(C3=CC4=CN=C(CN)CC4O3)NC(=O)NC1=O)C2. The van der Waals surface area contributed by atoms with Crippen LogP contribution in [0.2, 0.25) is 0 Å². The molecule has 0 spiro atoms. The second-order valence-corrected chi connectivity index (χ2v) is 7.85. The average molecular weight is 423 g/mol. The molecule has 4 aliphatic rings. The Morgan fingerprint density at radius 3 is 2.90 bits per heavy atom. The van der Waals surface area contributed by atoms with Gasteiger partial charge in [-0.15, -0.1) is 0 Å². The number of nitrogens with zero attached hydrogens (tertiary/aromatic N) is 2. The van der Waals surface area contributed by atoms with Crippen LogP contribution in [0.1, 0.15) is 22.3 Å². The second kappa shape index (κ2) is 6.95. The van der Waals surface area contributed by atoms with E-state index in [1.54, 1.807) is 24.4 Å². The fraction of sp³-hybridized carbons (Fsp3) is 0.333. The number of fused-ring (bicyclic) bond motifs is 2. The molecule has 5 rings (SSSR count). The Balaban J connectivity index is 1.46. The summed E-state index contributed by atoms with van der Waals surface area (Å²) in [5.74, 6) is 0.0431. The van der Waals surface area contributed by atoms with Crippen molar-refractivity contribution in [3.63, 3.8) is 0 Å². The molecule has 4 amide bonds. The van der Waals surface area contributed by atoms with Crippen LogP contribution in [0.25, 0.3) is 0 Å². The molecule has 4 aliphatic heterocycles. The number of amides is 4. The molecule has 1 aromatic rings. The van der Waals surface area contributed by atoms with Gasteiger partial charge in [0, 0.05) is 42.6 Å². The molecule has 0 aromatic heterocycles. The van der Waals surface area contributed by atoms with E-state index in [0.29, 0.717) is 30.8 Å². The predicted molar refractivity (Wildman–Crippen MR) is 109 cm³/mol. The Morgan fingerprint density at radius 1 is 1.35 bits per heavy atom. The lowest BCUT2D eigenvalue weighted by molar-refractivity contribution is -0.124. The molecule has 2 atom stereocenters. The fourth-order valence-electron chi connectivity index (χ4n) is 4.31. The van der Waals surface area contributed by atoms with E-state index in [4.69, 9.17) is 15.2 Å². The van der Waals surface area contributed by atoms with Gasteiger partial charge in [0.05, 0.1) is 13.7 Å². The summed E-state index contributed by atoms with van der Waals surface area (Å²) >= 11 is 0. The van der Waals surface area contributed by atoms with E-state index in [2.05, 4.69) is 15.6 Å². The molecule has 1 saturated heterocycles. The lowest BCUT2D eigenvalue weighted by Crippen LogP contribution is -2.57. The topological polar surface area (TPSA) is 135 Å². The second-order valence-electron chi connectivity index (χ2n) is 7.85. The summed E-state index contributed by atoms with van der Waals surface area (Å²) in [6.07, 6.45) is 3.55. The summed E-state index contributed by atoms with van der Waals surface area (Å²) in [5, 5.41) is 4.97. The first-order chi connectivity index (χ1) is 14.9. The van der Waals surface area contributed by atoms with E-state index in [0.717, 1.165) is 16.8 Å². The average Bonchev–Trinajstić information content (AvgIpc) is 3.41. The van der Waals surface area contributed by atoms with E-state index >= 15 is 0 Å². The van der Waals surface area contributed by atoms with Crippen molar-refractivity contribution >= 4 is 23.6 Å². The van der Waals surface area contributed by atoms with Crippen molar-refractivity contribution in [2.45, 2.75) is 24.6 Å². The van der Waals surface area contributed by atoms with E-state index in [1.165, 1.54) is 12.0 Å². The van der Waals surface area contributed by atoms with Gasteiger partial charge >= 0.3 is 6.03 Å². The number of hydrogen-bond donors (Lipinski definition) is 3. The van der Waals surface area contributed by atoms with Gasteiger partial charge in [0.15, 0.2) is 5.54 Å². The third-order valence-corrected chi connectivity index (χ3v) is 5.98. The first-order valence-corrected chi connectivity index (χ1v) is 9.88. The highest BCUT2D eigenvalue weighted by Gasteiger charge is 2.55. The molecule has 10 heteroatoms. The summed E-state index contributed by atoms with van der Waals surface area (Å²) in [7, 11) is 1.53. The molecule has 10 nitrogen and oxygen atoms in total. The number of urea groups is 1. The normalized spacial score (nSPS) is 26.4. The fourth-order valence-corrected chi connectivity index (χ4v) is 4.31. The maximum Gasteiger partial charge on any atom is 0.322 e. The molecular weight excluding hydrogens is 402 g/mol. The van der Waals surface area contributed by atoms with Crippen LogP contribution in [0.5, 0.6) is 5.75 Å². The number of rotatable bonds is 5. The Morgan fingerprint density at radius 2 is 2.19 bits per heavy atom. The lowest BCUT2D eigenvalue weighted by Gasteiger charge is -2.32.